The van der Waals surface area contributed by atoms with Crippen molar-refractivity contribution in [2.45, 2.75) is 18.9 Å². The number of esters is 1. The van der Waals surface area contributed by atoms with E-state index in [1.54, 1.807) is 13.2 Å². The van der Waals surface area contributed by atoms with E-state index in [1.807, 2.05) is 36.4 Å². The van der Waals surface area contributed by atoms with Gasteiger partial charge in [-0.3, -0.25) is 0 Å². The van der Waals surface area contributed by atoms with E-state index >= 15 is 0 Å². The number of ether oxygens (including phenoxy) is 3. The molecular weight excluding hydrogens is 280 g/mol. The Labute approximate surface area is 129 Å². The van der Waals surface area contributed by atoms with Crippen LogP contribution in [0.25, 0.3) is 0 Å². The first-order valence-electron chi connectivity index (χ1n) is 7.17. The Hall–Kier alpha value is -2.49. The normalized spacial score (nSPS) is 19.2. The van der Waals surface area contributed by atoms with Crippen molar-refractivity contribution < 1.29 is 19.0 Å². The zero-order valence-electron chi connectivity index (χ0n) is 12.8. The minimum atomic E-state index is -0.331. The molecule has 4 nitrogen and oxygen atoms in total. The van der Waals surface area contributed by atoms with Gasteiger partial charge in [-0.2, -0.15) is 0 Å². The van der Waals surface area contributed by atoms with Crippen LogP contribution in [0, 0.1) is 0 Å². The highest BCUT2D eigenvalue weighted by molar-refractivity contribution is 5.89. The molecule has 0 N–H and O–H groups in total. The molecule has 2 atom stereocenters. The Bertz CT molecular complexity index is 691. The molecule has 4 heteroatoms. The molecule has 3 rings (SSSR count). The summed E-state index contributed by atoms with van der Waals surface area (Å²) in [4.78, 5) is 11.7. The monoisotopic (exact) mass is 298 g/mol. The fourth-order valence-electron chi connectivity index (χ4n) is 2.81. The van der Waals surface area contributed by atoms with Crippen LogP contribution in [0.3, 0.4) is 0 Å². The molecule has 114 valence electrons. The average Bonchev–Trinajstić information content (AvgIpc) is 2.90. The second-order valence-corrected chi connectivity index (χ2v) is 5.34. The summed E-state index contributed by atoms with van der Waals surface area (Å²) in [6.07, 6.45) is -0.0613. The summed E-state index contributed by atoms with van der Waals surface area (Å²) in [5, 5.41) is 0. The van der Waals surface area contributed by atoms with Crippen molar-refractivity contribution >= 4 is 5.97 Å². The molecule has 0 amide bonds. The quantitative estimate of drug-likeness (QED) is 0.810. The van der Waals surface area contributed by atoms with Gasteiger partial charge in [0.05, 0.1) is 19.8 Å². The summed E-state index contributed by atoms with van der Waals surface area (Å²) < 4.78 is 16.0. The topological polar surface area (TPSA) is 44.8 Å². The molecule has 0 spiro atoms. The van der Waals surface area contributed by atoms with Crippen LogP contribution >= 0.6 is 0 Å². The second kappa shape index (κ2) is 5.72. The minimum absolute atomic E-state index is 0.0613. The molecule has 0 saturated carbocycles. The molecule has 0 radical (unpaired) electrons. The van der Waals surface area contributed by atoms with Crippen LogP contribution < -0.4 is 9.47 Å². The van der Waals surface area contributed by atoms with Crippen molar-refractivity contribution in [2.75, 3.05) is 14.2 Å². The summed E-state index contributed by atoms with van der Waals surface area (Å²) in [5.74, 6) is 1.47. The molecule has 0 unspecified atom stereocenters. The number of benzene rings is 2. The number of carbonyl (C=O) groups excluding carboxylic acids is 1. The van der Waals surface area contributed by atoms with Gasteiger partial charge in [0.15, 0.2) is 0 Å². The van der Waals surface area contributed by atoms with E-state index in [2.05, 4.69) is 6.92 Å². The van der Waals surface area contributed by atoms with Gasteiger partial charge in [0.1, 0.15) is 17.6 Å². The predicted molar refractivity (Wildman–Crippen MR) is 82.6 cm³/mol. The van der Waals surface area contributed by atoms with Crippen LogP contribution in [0.2, 0.25) is 0 Å². The van der Waals surface area contributed by atoms with Gasteiger partial charge in [-0.05, 0) is 35.9 Å². The van der Waals surface area contributed by atoms with Gasteiger partial charge in [-0.25, -0.2) is 4.79 Å². The zero-order valence-corrected chi connectivity index (χ0v) is 12.8. The Morgan fingerprint density at radius 1 is 1.09 bits per heavy atom. The van der Waals surface area contributed by atoms with E-state index in [-0.39, 0.29) is 18.0 Å². The van der Waals surface area contributed by atoms with Gasteiger partial charge in [0.2, 0.25) is 0 Å². The fourth-order valence-corrected chi connectivity index (χ4v) is 2.81. The number of carbonyl (C=O) groups is 1. The molecule has 0 aromatic heterocycles. The van der Waals surface area contributed by atoms with Crippen molar-refractivity contribution in [3.8, 4) is 11.5 Å². The molecular formula is C18H18O4. The predicted octanol–water partition coefficient (Wildman–Crippen LogP) is 3.72. The van der Waals surface area contributed by atoms with Crippen LogP contribution in [0.5, 0.6) is 11.5 Å². The SMILES string of the molecule is COC(=O)c1ccc2c(c1)[C@@H](C)[C@H](c1ccc(OC)cc1)O2. The van der Waals surface area contributed by atoms with Crippen LogP contribution in [-0.2, 0) is 4.74 Å². The minimum Gasteiger partial charge on any atom is -0.497 e. The molecule has 1 aliphatic heterocycles. The highest BCUT2D eigenvalue weighted by Crippen LogP contribution is 2.46. The second-order valence-electron chi connectivity index (χ2n) is 5.34. The maximum atomic E-state index is 11.7. The standard InChI is InChI=1S/C18H18O4/c1-11-15-10-13(18(19)21-3)6-9-16(15)22-17(11)12-4-7-14(20-2)8-5-12/h4-11,17H,1-3H3/t11-,17-/m1/s1. The van der Waals surface area contributed by atoms with Gasteiger partial charge >= 0.3 is 5.97 Å². The van der Waals surface area contributed by atoms with Crippen molar-refractivity contribution in [3.63, 3.8) is 0 Å². The number of hydrogen-bond donors (Lipinski definition) is 0. The van der Waals surface area contributed by atoms with E-state index in [0.717, 1.165) is 22.6 Å². The van der Waals surface area contributed by atoms with Crippen LogP contribution in [0.15, 0.2) is 42.5 Å². The Kier molecular flexibility index (Phi) is 3.75. The van der Waals surface area contributed by atoms with Crippen molar-refractivity contribution in [1.29, 1.82) is 0 Å². The summed E-state index contributed by atoms with van der Waals surface area (Å²) in [6.45, 7) is 2.10. The van der Waals surface area contributed by atoms with Gasteiger partial charge < -0.3 is 14.2 Å². The number of fused-ring (bicyclic) bond motifs is 1. The number of hydrogen-bond acceptors (Lipinski definition) is 4. The van der Waals surface area contributed by atoms with E-state index < -0.39 is 0 Å². The molecule has 0 fully saturated rings. The van der Waals surface area contributed by atoms with Crippen LogP contribution in [0.1, 0.15) is 40.4 Å². The van der Waals surface area contributed by atoms with Gasteiger partial charge in [-0.15, -0.1) is 0 Å². The lowest BCUT2D eigenvalue weighted by Crippen LogP contribution is -2.07. The first kappa shape index (κ1) is 14.4. The molecule has 2 aromatic carbocycles. The number of methoxy groups -OCH3 is 2. The van der Waals surface area contributed by atoms with Crippen molar-refractivity contribution in [3.05, 3.63) is 59.2 Å². The lowest BCUT2D eigenvalue weighted by Gasteiger charge is -2.16. The lowest BCUT2D eigenvalue weighted by molar-refractivity contribution is 0.0600. The Balaban J connectivity index is 1.89. The van der Waals surface area contributed by atoms with Gasteiger partial charge in [-0.1, -0.05) is 19.1 Å². The summed E-state index contributed by atoms with van der Waals surface area (Å²) >= 11 is 0. The van der Waals surface area contributed by atoms with Gasteiger partial charge in [0, 0.05) is 11.5 Å². The molecule has 0 saturated heterocycles. The smallest absolute Gasteiger partial charge is 0.337 e. The summed E-state index contributed by atoms with van der Waals surface area (Å²) in [7, 11) is 3.03. The van der Waals surface area contributed by atoms with E-state index in [1.165, 1.54) is 7.11 Å². The maximum absolute atomic E-state index is 11.7. The Morgan fingerprint density at radius 2 is 1.82 bits per heavy atom. The maximum Gasteiger partial charge on any atom is 0.337 e. The summed E-state index contributed by atoms with van der Waals surface area (Å²) in [5.41, 5.74) is 2.67. The fraction of sp³-hybridized carbons (Fsp3) is 0.278. The molecule has 0 aliphatic carbocycles. The Morgan fingerprint density at radius 3 is 2.45 bits per heavy atom. The van der Waals surface area contributed by atoms with Crippen LogP contribution in [0.4, 0.5) is 0 Å². The molecule has 1 heterocycles. The first-order valence-corrected chi connectivity index (χ1v) is 7.17. The van der Waals surface area contributed by atoms with Crippen molar-refractivity contribution in [1.82, 2.24) is 0 Å². The van der Waals surface area contributed by atoms with Crippen LogP contribution in [-0.4, -0.2) is 20.2 Å². The van der Waals surface area contributed by atoms with E-state index in [4.69, 9.17) is 14.2 Å². The summed E-state index contributed by atoms with van der Waals surface area (Å²) in [6, 6.07) is 13.3. The third-order valence-electron chi connectivity index (χ3n) is 4.07. The largest absolute Gasteiger partial charge is 0.497 e. The first-order chi connectivity index (χ1) is 10.6. The van der Waals surface area contributed by atoms with E-state index in [0.29, 0.717) is 5.56 Å². The van der Waals surface area contributed by atoms with E-state index in [9.17, 15) is 4.79 Å². The average molecular weight is 298 g/mol. The highest BCUT2D eigenvalue weighted by Gasteiger charge is 2.32. The molecule has 2 aromatic rings. The molecule has 1 aliphatic rings. The molecule has 22 heavy (non-hydrogen) atoms. The van der Waals surface area contributed by atoms with Gasteiger partial charge in [0.25, 0.3) is 0 Å². The third kappa shape index (κ3) is 2.41. The third-order valence-corrected chi connectivity index (χ3v) is 4.07. The molecule has 0 bridgehead atoms. The zero-order chi connectivity index (χ0) is 15.7. The lowest BCUT2D eigenvalue weighted by atomic mass is 9.92. The van der Waals surface area contributed by atoms with Crippen molar-refractivity contribution in [2.24, 2.45) is 0 Å². The number of rotatable bonds is 3. The highest BCUT2D eigenvalue weighted by atomic mass is 16.5.